The predicted molar refractivity (Wildman–Crippen MR) is 312 cm³/mol. The molecule has 0 aromatic heterocycles. The smallest absolute Gasteiger partial charge is 0.0945 e. The Morgan fingerprint density at radius 2 is 0.634 bits per heavy atom. The molecule has 0 fully saturated rings. The number of benzene rings is 2. The minimum absolute atomic E-state index is 0.312. The molecule has 2 aromatic rings. The molecule has 0 aliphatic rings. The molecule has 0 saturated heterocycles. The van der Waals surface area contributed by atoms with E-state index >= 15 is 0 Å². The molecule has 2 unspecified atom stereocenters. The number of hydrogen-bond donors (Lipinski definition) is 5. The van der Waals surface area contributed by atoms with Crippen LogP contribution in [-0.4, -0.2) is 61.9 Å². The third kappa shape index (κ3) is 42.7. The highest BCUT2D eigenvalue weighted by atomic mass is 16.5. The molecule has 0 spiro atoms. The zero-order valence-electron chi connectivity index (χ0n) is 46.9. The third-order valence-electron chi connectivity index (χ3n) is 14.5. The lowest BCUT2D eigenvalue weighted by molar-refractivity contribution is 0.0414. The van der Waals surface area contributed by atoms with Crippen molar-refractivity contribution in [1.29, 1.82) is 0 Å². The highest BCUT2D eigenvalue weighted by molar-refractivity contribution is 5.76. The Labute approximate surface area is 440 Å². The Bertz CT molecular complexity index is 1360. The van der Waals surface area contributed by atoms with Gasteiger partial charge in [0.15, 0.2) is 0 Å². The molecule has 7 heteroatoms. The van der Waals surface area contributed by atoms with Gasteiger partial charge in [0.2, 0.25) is 0 Å². The van der Waals surface area contributed by atoms with Gasteiger partial charge in [-0.3, -0.25) is 0 Å². The van der Waals surface area contributed by atoms with Gasteiger partial charge in [-0.25, -0.2) is 0 Å². The van der Waals surface area contributed by atoms with Crippen LogP contribution in [0.2, 0.25) is 0 Å². The molecule has 71 heavy (non-hydrogen) atoms. The van der Waals surface area contributed by atoms with Gasteiger partial charge in [-0.2, -0.15) is 0 Å². The SMILES string of the molecule is CCCCCCCCCCCCCCCCCCCCCCCOCC(O)CNc1ccc(Nc2ccccc2)cc1NCC(O)COCCCCCCCCCCCCCCCCCCCCCCC. The normalized spacial score (nSPS) is 12.4. The van der Waals surface area contributed by atoms with Gasteiger partial charge >= 0.3 is 0 Å². The van der Waals surface area contributed by atoms with Crippen LogP contribution in [0.5, 0.6) is 0 Å². The number of unbranched alkanes of at least 4 members (excludes halogenated alkanes) is 40. The standard InChI is InChI=1S/C64H117N3O4/c1-3-5-7-9-11-13-15-17-19-21-23-25-27-29-31-33-35-37-39-41-46-52-70-57-61(68)55-65-63-51-50-60(67-59-48-44-43-45-49-59)54-64(63)66-56-62(69)58-71-53-47-42-40-38-36-34-32-30-28-26-24-22-20-18-16-14-12-10-8-6-4-2/h43-45,48-51,54,61-62,65-69H,3-42,46-47,52-53,55-58H2,1-2H3. The van der Waals surface area contributed by atoms with E-state index in [1.54, 1.807) is 0 Å². The van der Waals surface area contributed by atoms with E-state index in [9.17, 15) is 10.2 Å². The van der Waals surface area contributed by atoms with E-state index in [4.69, 9.17) is 9.47 Å². The average Bonchev–Trinajstić information content (AvgIpc) is 3.38. The van der Waals surface area contributed by atoms with Crippen molar-refractivity contribution in [3.63, 3.8) is 0 Å². The maximum atomic E-state index is 10.8. The minimum atomic E-state index is -0.624. The van der Waals surface area contributed by atoms with Crippen LogP contribution in [0.25, 0.3) is 0 Å². The Balaban J connectivity index is 1.47. The van der Waals surface area contributed by atoms with Gasteiger partial charge < -0.3 is 35.6 Å². The van der Waals surface area contributed by atoms with Gasteiger partial charge in [0.25, 0.3) is 0 Å². The number of aliphatic hydroxyl groups excluding tert-OH is 2. The lowest BCUT2D eigenvalue weighted by Gasteiger charge is -2.20. The fourth-order valence-corrected chi connectivity index (χ4v) is 9.89. The summed E-state index contributed by atoms with van der Waals surface area (Å²) < 4.78 is 11.8. The molecule has 0 saturated carbocycles. The first-order valence-electron chi connectivity index (χ1n) is 31.1. The third-order valence-corrected chi connectivity index (χ3v) is 14.5. The molecule has 412 valence electrons. The second kappa shape index (κ2) is 51.2. The summed E-state index contributed by atoms with van der Waals surface area (Å²) in [7, 11) is 0. The van der Waals surface area contributed by atoms with Crippen LogP contribution in [0.15, 0.2) is 48.5 Å². The summed E-state index contributed by atoms with van der Waals surface area (Å²) in [4.78, 5) is 0. The van der Waals surface area contributed by atoms with Crippen molar-refractivity contribution in [1.82, 2.24) is 0 Å². The molecule has 2 rings (SSSR count). The summed E-state index contributed by atoms with van der Waals surface area (Å²) in [6, 6.07) is 16.2. The lowest BCUT2D eigenvalue weighted by Crippen LogP contribution is -2.27. The largest absolute Gasteiger partial charge is 0.389 e. The lowest BCUT2D eigenvalue weighted by atomic mass is 10.0. The van der Waals surface area contributed by atoms with E-state index in [0.29, 0.717) is 39.5 Å². The Morgan fingerprint density at radius 1 is 0.338 bits per heavy atom. The number of aliphatic hydroxyl groups is 2. The van der Waals surface area contributed by atoms with Crippen LogP contribution in [0.4, 0.5) is 22.7 Å². The van der Waals surface area contributed by atoms with E-state index in [1.807, 2.05) is 48.5 Å². The molecule has 0 aliphatic heterocycles. The van der Waals surface area contributed by atoms with E-state index < -0.39 is 12.2 Å². The molecule has 0 amide bonds. The summed E-state index contributed by atoms with van der Waals surface area (Å²) in [5.74, 6) is 0. The topological polar surface area (TPSA) is 95.0 Å². The molecule has 7 nitrogen and oxygen atoms in total. The van der Waals surface area contributed by atoms with Crippen molar-refractivity contribution in [3.05, 3.63) is 48.5 Å². The van der Waals surface area contributed by atoms with Crippen LogP contribution in [0.1, 0.15) is 284 Å². The Morgan fingerprint density at radius 3 is 0.958 bits per heavy atom. The zero-order valence-corrected chi connectivity index (χ0v) is 46.9. The minimum Gasteiger partial charge on any atom is -0.389 e. The van der Waals surface area contributed by atoms with E-state index in [0.717, 1.165) is 35.6 Å². The van der Waals surface area contributed by atoms with Crippen molar-refractivity contribution >= 4 is 22.7 Å². The number of rotatable bonds is 56. The Kier molecular flexibility index (Phi) is 46.7. The van der Waals surface area contributed by atoms with Crippen LogP contribution < -0.4 is 16.0 Å². The van der Waals surface area contributed by atoms with Gasteiger partial charge in [0.1, 0.15) is 0 Å². The van der Waals surface area contributed by atoms with Crippen molar-refractivity contribution in [2.45, 2.75) is 296 Å². The van der Waals surface area contributed by atoms with Gasteiger partial charge in [0, 0.05) is 37.7 Å². The fourth-order valence-electron chi connectivity index (χ4n) is 9.89. The summed E-state index contributed by atoms with van der Waals surface area (Å²) in [6.45, 7) is 7.36. The summed E-state index contributed by atoms with van der Waals surface area (Å²) in [6.07, 6.45) is 56.9. The van der Waals surface area contributed by atoms with Gasteiger partial charge in [-0.15, -0.1) is 0 Å². The monoisotopic (exact) mass is 992 g/mol. The van der Waals surface area contributed by atoms with Crippen LogP contribution in [0, 0.1) is 0 Å². The molecule has 2 atom stereocenters. The number of nitrogens with one attached hydrogen (secondary N) is 3. The van der Waals surface area contributed by atoms with Crippen molar-refractivity contribution in [3.8, 4) is 0 Å². The quantitative estimate of drug-likeness (QED) is 0.0422. The van der Waals surface area contributed by atoms with Crippen molar-refractivity contribution in [2.75, 3.05) is 55.5 Å². The second-order valence-electron chi connectivity index (χ2n) is 21.6. The molecule has 0 radical (unpaired) electrons. The first-order valence-corrected chi connectivity index (χ1v) is 31.1. The molecule has 5 N–H and O–H groups in total. The van der Waals surface area contributed by atoms with E-state index in [-0.39, 0.29) is 0 Å². The van der Waals surface area contributed by atoms with Gasteiger partial charge in [0.05, 0.1) is 36.8 Å². The molecular weight excluding hydrogens is 875 g/mol. The molecule has 2 aromatic carbocycles. The van der Waals surface area contributed by atoms with Gasteiger partial charge in [-0.1, -0.05) is 289 Å². The summed E-state index contributed by atoms with van der Waals surface area (Å²) in [5, 5.41) is 31.9. The van der Waals surface area contributed by atoms with Crippen LogP contribution in [-0.2, 0) is 9.47 Å². The first-order chi connectivity index (χ1) is 35.1. The Hall–Kier alpha value is -2.32. The van der Waals surface area contributed by atoms with E-state index in [2.05, 4.69) is 29.8 Å². The number of para-hydroxylation sites is 1. The molecular formula is C64H117N3O4. The van der Waals surface area contributed by atoms with Gasteiger partial charge in [-0.05, 0) is 43.2 Å². The average molecular weight is 993 g/mol. The molecule has 0 heterocycles. The number of ether oxygens (including phenoxy) is 2. The van der Waals surface area contributed by atoms with Crippen LogP contribution in [0.3, 0.4) is 0 Å². The fraction of sp³-hybridized carbons (Fsp3) is 0.812. The number of hydrogen-bond acceptors (Lipinski definition) is 7. The summed E-state index contributed by atoms with van der Waals surface area (Å²) >= 11 is 0. The van der Waals surface area contributed by atoms with Crippen molar-refractivity contribution < 1.29 is 19.7 Å². The molecule has 0 aliphatic carbocycles. The maximum absolute atomic E-state index is 10.8. The highest BCUT2D eigenvalue weighted by Crippen LogP contribution is 2.28. The number of anilines is 4. The van der Waals surface area contributed by atoms with Crippen molar-refractivity contribution in [2.24, 2.45) is 0 Å². The predicted octanol–water partition coefficient (Wildman–Crippen LogP) is 19.4. The second-order valence-corrected chi connectivity index (χ2v) is 21.6. The molecule has 0 bridgehead atoms. The summed E-state index contributed by atoms with van der Waals surface area (Å²) in [5.41, 5.74) is 3.69. The highest BCUT2D eigenvalue weighted by Gasteiger charge is 2.11. The van der Waals surface area contributed by atoms with E-state index in [1.165, 1.54) is 257 Å². The first kappa shape index (κ1) is 64.8. The zero-order chi connectivity index (χ0) is 50.6. The maximum Gasteiger partial charge on any atom is 0.0945 e. The van der Waals surface area contributed by atoms with Crippen LogP contribution >= 0.6 is 0 Å².